The van der Waals surface area contributed by atoms with Crippen LogP contribution in [-0.4, -0.2) is 30.6 Å². The predicted octanol–water partition coefficient (Wildman–Crippen LogP) is 3.04. The molecule has 0 unspecified atom stereocenters. The van der Waals surface area contributed by atoms with Crippen molar-refractivity contribution in [3.8, 4) is 11.8 Å². The van der Waals surface area contributed by atoms with Crippen molar-refractivity contribution in [2.24, 2.45) is 0 Å². The number of fused-ring (bicyclic) bond motifs is 1. The molecule has 2 aromatic heterocycles. The number of nitriles is 1. The van der Waals surface area contributed by atoms with Crippen LogP contribution in [0.25, 0.3) is 16.6 Å². The number of nitrogen functional groups attached to an aromatic ring is 3. The summed E-state index contributed by atoms with van der Waals surface area (Å²) in [6.07, 6.45) is 5.09. The van der Waals surface area contributed by atoms with Gasteiger partial charge >= 0.3 is 0 Å². The maximum absolute atomic E-state index is 13.5. The molecule has 1 amide bonds. The van der Waals surface area contributed by atoms with Crippen LogP contribution in [0.3, 0.4) is 0 Å². The van der Waals surface area contributed by atoms with E-state index in [0.29, 0.717) is 18.2 Å². The number of aryl methyl sites for hydroxylation is 2. The number of aromatic nitrogens is 4. The lowest BCUT2D eigenvalue weighted by Gasteiger charge is -2.15. The van der Waals surface area contributed by atoms with Gasteiger partial charge in [-0.25, -0.2) is 10.5 Å². The first-order valence-corrected chi connectivity index (χ1v) is 12.9. The van der Waals surface area contributed by atoms with Crippen LogP contribution in [0.4, 0.5) is 17.6 Å². The number of nitrogens with zero attached hydrogens (tertiary/aromatic N) is 5. The lowest BCUT2D eigenvalue weighted by molar-refractivity contribution is -0.129. The van der Waals surface area contributed by atoms with Crippen molar-refractivity contribution < 1.29 is 10.0 Å². The third-order valence-electron chi connectivity index (χ3n) is 6.11. The highest BCUT2D eigenvalue weighted by Gasteiger charge is 2.15. The Hall–Kier alpha value is -5.02. The van der Waals surface area contributed by atoms with Gasteiger partial charge in [-0.1, -0.05) is 43.7 Å². The number of nitrogens with one attached hydrogen (secondary N) is 1. The Labute approximate surface area is 231 Å². The first-order chi connectivity index (χ1) is 19.3. The number of carbonyl (C=O) groups excluding carboxylic acids is 1. The fraction of sp³-hybridized carbons (Fsp3) is 0.286. The number of nitrogens with two attached hydrogens (primary N) is 3. The quantitative estimate of drug-likeness (QED) is 0.118. The number of para-hydroxylation sites is 1. The lowest BCUT2D eigenvalue weighted by atomic mass is 10.0. The minimum Gasteiger partial charge on any atom is -0.382 e. The zero-order valence-corrected chi connectivity index (χ0v) is 22.3. The standard InChI is InChI=1S/C23H27N3O3.C5H6N6/c1-2-10-20-24-19-15-9-12-17(11-5-3-8-16-21(27)25-29)22(19)23(28)26(20)18-13-6-4-7-14-18;6-1-2-3(7)10-5(9)11-4(2)8/h4,6-7,9,12-15,29H,2-3,5,8,10-11,16H2,1H3,(H,25,27);(H6,7,8,9,10,11). The molecule has 0 saturated carbocycles. The number of unbranched alkanes of at least 4 members (excludes halogenated alkanes) is 2. The molecule has 0 bridgehead atoms. The molecule has 4 aromatic rings. The van der Waals surface area contributed by atoms with Gasteiger partial charge in [0.15, 0.2) is 0 Å². The second kappa shape index (κ2) is 14.2. The van der Waals surface area contributed by atoms with Crippen LogP contribution in [0.15, 0.2) is 53.3 Å². The van der Waals surface area contributed by atoms with Crippen LogP contribution >= 0.6 is 0 Å². The SMILES string of the molecule is CCCc1nc2cccc(CCCCCC(=O)NO)c2c(=O)n1-c1ccccc1.N#Cc1c(N)nc(N)nc1N. The van der Waals surface area contributed by atoms with E-state index in [1.54, 1.807) is 16.1 Å². The van der Waals surface area contributed by atoms with E-state index in [-0.39, 0.29) is 34.6 Å². The zero-order chi connectivity index (χ0) is 29.1. The molecule has 0 saturated heterocycles. The monoisotopic (exact) mass is 543 g/mol. The van der Waals surface area contributed by atoms with Gasteiger partial charge < -0.3 is 17.2 Å². The molecule has 2 aromatic carbocycles. The minimum absolute atomic E-state index is 0.0116. The molecule has 0 fully saturated rings. The van der Waals surface area contributed by atoms with Gasteiger partial charge in [0.25, 0.3) is 5.56 Å². The van der Waals surface area contributed by atoms with Crippen molar-refractivity contribution >= 4 is 34.4 Å². The van der Waals surface area contributed by atoms with Crippen LogP contribution in [0.2, 0.25) is 0 Å². The van der Waals surface area contributed by atoms with Gasteiger partial charge in [0.05, 0.1) is 16.6 Å². The van der Waals surface area contributed by atoms with Gasteiger partial charge in [-0.2, -0.15) is 15.2 Å². The highest BCUT2D eigenvalue weighted by atomic mass is 16.5. The summed E-state index contributed by atoms with van der Waals surface area (Å²) < 4.78 is 1.74. The van der Waals surface area contributed by atoms with Gasteiger partial charge in [-0.15, -0.1) is 0 Å². The van der Waals surface area contributed by atoms with E-state index in [0.717, 1.165) is 54.7 Å². The Balaban J connectivity index is 0.000000336. The maximum atomic E-state index is 13.5. The maximum Gasteiger partial charge on any atom is 0.266 e. The smallest absolute Gasteiger partial charge is 0.266 e. The summed E-state index contributed by atoms with van der Waals surface area (Å²) in [6.45, 7) is 2.08. The average Bonchev–Trinajstić information content (AvgIpc) is 2.93. The second-order valence-corrected chi connectivity index (χ2v) is 9.00. The Kier molecular flexibility index (Phi) is 10.5. The Morgan fingerprint density at radius 2 is 1.68 bits per heavy atom. The minimum atomic E-state index is -0.367. The van der Waals surface area contributed by atoms with Crippen LogP contribution in [0.1, 0.15) is 56.0 Å². The highest BCUT2D eigenvalue weighted by molar-refractivity contribution is 5.82. The first kappa shape index (κ1) is 29.5. The van der Waals surface area contributed by atoms with Crippen molar-refractivity contribution in [1.29, 1.82) is 5.26 Å². The van der Waals surface area contributed by atoms with E-state index in [9.17, 15) is 9.59 Å². The Morgan fingerprint density at radius 3 is 2.30 bits per heavy atom. The molecular formula is C28H33N9O3. The summed E-state index contributed by atoms with van der Waals surface area (Å²) in [4.78, 5) is 36.5. The summed E-state index contributed by atoms with van der Waals surface area (Å²) in [5.41, 5.74) is 20.0. The van der Waals surface area contributed by atoms with Crippen molar-refractivity contribution in [2.45, 2.75) is 51.9 Å². The molecule has 12 nitrogen and oxygen atoms in total. The molecule has 0 spiro atoms. The number of benzene rings is 2. The van der Waals surface area contributed by atoms with Gasteiger partial charge in [0.2, 0.25) is 11.9 Å². The van der Waals surface area contributed by atoms with Crippen molar-refractivity contribution in [3.63, 3.8) is 0 Å². The van der Waals surface area contributed by atoms with Crippen molar-refractivity contribution in [3.05, 3.63) is 75.8 Å². The summed E-state index contributed by atoms with van der Waals surface area (Å²) >= 11 is 0. The molecule has 40 heavy (non-hydrogen) atoms. The van der Waals surface area contributed by atoms with E-state index in [2.05, 4.69) is 16.9 Å². The molecule has 8 N–H and O–H groups in total. The Bertz CT molecular complexity index is 1540. The molecule has 0 atom stereocenters. The van der Waals surface area contributed by atoms with E-state index in [1.165, 1.54) is 0 Å². The molecular weight excluding hydrogens is 510 g/mol. The van der Waals surface area contributed by atoms with E-state index < -0.39 is 0 Å². The average molecular weight is 544 g/mol. The summed E-state index contributed by atoms with van der Waals surface area (Å²) in [7, 11) is 0. The largest absolute Gasteiger partial charge is 0.382 e. The topological polar surface area (TPSA) is 212 Å². The molecule has 0 aliphatic heterocycles. The van der Waals surface area contributed by atoms with Crippen LogP contribution in [0, 0.1) is 11.3 Å². The Morgan fingerprint density at radius 1 is 0.975 bits per heavy atom. The second-order valence-electron chi connectivity index (χ2n) is 9.00. The number of carbonyl (C=O) groups is 1. The predicted molar refractivity (Wildman–Crippen MR) is 153 cm³/mol. The summed E-state index contributed by atoms with van der Waals surface area (Å²) in [5, 5.41) is 17.7. The molecule has 208 valence electrons. The number of hydrogen-bond donors (Lipinski definition) is 5. The van der Waals surface area contributed by atoms with Gasteiger partial charge in [-0.05, 0) is 49.4 Å². The first-order valence-electron chi connectivity index (χ1n) is 12.9. The lowest BCUT2D eigenvalue weighted by Crippen LogP contribution is -2.24. The number of hydrogen-bond acceptors (Lipinski definition) is 10. The molecule has 2 heterocycles. The van der Waals surface area contributed by atoms with Crippen molar-refractivity contribution in [2.75, 3.05) is 17.2 Å². The zero-order valence-electron chi connectivity index (χ0n) is 22.3. The fourth-order valence-corrected chi connectivity index (χ4v) is 4.25. The van der Waals surface area contributed by atoms with E-state index in [1.807, 2.05) is 48.5 Å². The summed E-state index contributed by atoms with van der Waals surface area (Å²) in [6, 6.07) is 17.3. The number of anilines is 3. The number of hydroxylamine groups is 1. The molecule has 0 aliphatic carbocycles. The summed E-state index contributed by atoms with van der Waals surface area (Å²) in [5.74, 6) is 0.408. The van der Waals surface area contributed by atoms with Crippen LogP contribution < -0.4 is 28.2 Å². The third kappa shape index (κ3) is 7.30. The molecule has 0 aliphatic rings. The van der Waals surface area contributed by atoms with E-state index in [4.69, 9.17) is 32.7 Å². The van der Waals surface area contributed by atoms with Gasteiger partial charge in [0.1, 0.15) is 29.1 Å². The third-order valence-corrected chi connectivity index (χ3v) is 6.11. The fourth-order valence-electron chi connectivity index (χ4n) is 4.25. The molecule has 12 heteroatoms. The van der Waals surface area contributed by atoms with Crippen LogP contribution in [0.5, 0.6) is 0 Å². The van der Waals surface area contributed by atoms with Gasteiger partial charge in [0, 0.05) is 12.8 Å². The molecule has 0 radical (unpaired) electrons. The van der Waals surface area contributed by atoms with E-state index >= 15 is 0 Å². The normalized spacial score (nSPS) is 10.4. The van der Waals surface area contributed by atoms with Gasteiger partial charge in [-0.3, -0.25) is 19.4 Å². The highest BCUT2D eigenvalue weighted by Crippen LogP contribution is 2.20. The van der Waals surface area contributed by atoms with Crippen molar-refractivity contribution in [1.82, 2.24) is 25.0 Å². The number of amides is 1. The number of rotatable bonds is 9. The van der Waals surface area contributed by atoms with Crippen LogP contribution in [-0.2, 0) is 17.6 Å². The molecule has 4 rings (SSSR count).